The Kier molecular flexibility index (Phi) is 4.93. The highest BCUT2D eigenvalue weighted by atomic mass is 14.7. The Bertz CT molecular complexity index is 2450. The van der Waals surface area contributed by atoms with Crippen LogP contribution in [0.15, 0.2) is 146 Å². The monoisotopic (exact) mass is 532 g/mol. The summed E-state index contributed by atoms with van der Waals surface area (Å²) in [4.78, 5) is 9.31. The van der Waals surface area contributed by atoms with Crippen LogP contribution in [-0.4, -0.2) is 9.97 Å². The fourth-order valence-corrected chi connectivity index (χ4v) is 6.79. The highest BCUT2D eigenvalue weighted by Crippen LogP contribution is 2.43. The van der Waals surface area contributed by atoms with Crippen molar-refractivity contribution in [1.29, 1.82) is 0 Å². The van der Waals surface area contributed by atoms with Gasteiger partial charge in [-0.25, -0.2) is 0 Å². The average Bonchev–Trinajstić information content (AvgIpc) is 3.06. The van der Waals surface area contributed by atoms with E-state index < -0.39 is 0 Å². The van der Waals surface area contributed by atoms with E-state index in [1.807, 2.05) is 24.5 Å². The molecule has 0 aliphatic heterocycles. The summed E-state index contributed by atoms with van der Waals surface area (Å²) in [6.07, 6.45) is 3.74. The standard InChI is InChI=1S/C40H24N2/c1-5-29-6-3-24-42-40(29)36(8-1)32-20-16-28-17-21-34-31(19-15-27-18-22-35(32)39(28)38(27)34)26-13-11-25(12-14-26)30-7-2-10-37-33(30)9-4-23-41-37/h1-24H. The summed E-state index contributed by atoms with van der Waals surface area (Å²) in [5, 5.41) is 10.0. The first-order valence-electron chi connectivity index (χ1n) is 14.3. The van der Waals surface area contributed by atoms with Gasteiger partial charge in [-0.15, -0.1) is 0 Å². The molecule has 0 amide bonds. The Morgan fingerprint density at radius 2 is 0.905 bits per heavy atom. The third-order valence-electron chi connectivity index (χ3n) is 8.74. The van der Waals surface area contributed by atoms with Crippen molar-refractivity contribution in [3.63, 3.8) is 0 Å². The molecule has 2 heterocycles. The lowest BCUT2D eigenvalue weighted by Gasteiger charge is -2.17. The van der Waals surface area contributed by atoms with Crippen LogP contribution in [-0.2, 0) is 0 Å². The topological polar surface area (TPSA) is 25.8 Å². The van der Waals surface area contributed by atoms with Gasteiger partial charge in [0.2, 0.25) is 0 Å². The maximum absolute atomic E-state index is 4.76. The molecule has 0 aliphatic rings. The third-order valence-corrected chi connectivity index (χ3v) is 8.74. The number of pyridine rings is 2. The molecule has 2 aromatic heterocycles. The molecule has 0 saturated heterocycles. The number of fused-ring (bicyclic) bond motifs is 2. The summed E-state index contributed by atoms with van der Waals surface area (Å²) in [7, 11) is 0. The number of nitrogens with zero attached hydrogens (tertiary/aromatic N) is 2. The summed E-state index contributed by atoms with van der Waals surface area (Å²) in [6.45, 7) is 0. The molecule has 0 unspecified atom stereocenters. The summed E-state index contributed by atoms with van der Waals surface area (Å²) in [6, 6.07) is 48.3. The SMILES string of the molecule is c1cnc2c(-c3ccc4ccc5c(-c6ccc(-c7cccc8ncccc78)cc6)ccc6ccc3c4c65)cccc2c1. The number of para-hydroxylation sites is 1. The van der Waals surface area contributed by atoms with Crippen LogP contribution in [0.5, 0.6) is 0 Å². The van der Waals surface area contributed by atoms with E-state index in [0.717, 1.165) is 16.4 Å². The fourth-order valence-electron chi connectivity index (χ4n) is 6.79. The highest BCUT2D eigenvalue weighted by Gasteiger charge is 2.16. The lowest BCUT2D eigenvalue weighted by atomic mass is 9.86. The van der Waals surface area contributed by atoms with Gasteiger partial charge in [0, 0.05) is 28.7 Å². The van der Waals surface area contributed by atoms with Gasteiger partial charge in [-0.05, 0) is 78.3 Å². The molecule has 0 radical (unpaired) electrons. The zero-order valence-corrected chi connectivity index (χ0v) is 22.8. The van der Waals surface area contributed by atoms with Crippen molar-refractivity contribution < 1.29 is 0 Å². The average molecular weight is 533 g/mol. The van der Waals surface area contributed by atoms with E-state index in [9.17, 15) is 0 Å². The second-order valence-electron chi connectivity index (χ2n) is 11.0. The molecule has 9 aromatic rings. The minimum absolute atomic E-state index is 1.02. The number of aromatic nitrogens is 2. The van der Waals surface area contributed by atoms with Crippen LogP contribution in [0.2, 0.25) is 0 Å². The number of hydrogen-bond donors (Lipinski definition) is 0. The van der Waals surface area contributed by atoms with Crippen molar-refractivity contribution in [1.82, 2.24) is 9.97 Å². The van der Waals surface area contributed by atoms with E-state index in [4.69, 9.17) is 4.98 Å². The molecule has 0 fully saturated rings. The first kappa shape index (κ1) is 23.1. The molecule has 9 rings (SSSR count). The van der Waals surface area contributed by atoms with Gasteiger partial charge in [0.15, 0.2) is 0 Å². The predicted molar refractivity (Wildman–Crippen MR) is 177 cm³/mol. The maximum Gasteiger partial charge on any atom is 0.0780 e. The molecule has 0 aliphatic carbocycles. The number of rotatable bonds is 3. The zero-order valence-electron chi connectivity index (χ0n) is 22.8. The van der Waals surface area contributed by atoms with Crippen LogP contribution in [0.25, 0.3) is 87.5 Å². The van der Waals surface area contributed by atoms with E-state index in [-0.39, 0.29) is 0 Å². The Morgan fingerprint density at radius 1 is 0.333 bits per heavy atom. The van der Waals surface area contributed by atoms with Crippen molar-refractivity contribution in [3.05, 3.63) is 146 Å². The molecule has 2 nitrogen and oxygen atoms in total. The maximum atomic E-state index is 4.76. The van der Waals surface area contributed by atoms with Gasteiger partial charge in [-0.3, -0.25) is 9.97 Å². The quantitative estimate of drug-likeness (QED) is 0.212. The zero-order chi connectivity index (χ0) is 27.6. The number of benzene rings is 7. The van der Waals surface area contributed by atoms with Gasteiger partial charge in [0.25, 0.3) is 0 Å². The van der Waals surface area contributed by atoms with Crippen LogP contribution < -0.4 is 0 Å². The van der Waals surface area contributed by atoms with Gasteiger partial charge in [0.1, 0.15) is 0 Å². The predicted octanol–water partition coefficient (Wildman–Crippen LogP) is 10.7. The van der Waals surface area contributed by atoms with Crippen LogP contribution in [0.1, 0.15) is 0 Å². The Labute approximate surface area is 242 Å². The van der Waals surface area contributed by atoms with Crippen molar-refractivity contribution >= 4 is 54.1 Å². The summed E-state index contributed by atoms with van der Waals surface area (Å²) < 4.78 is 0. The fraction of sp³-hybridized carbons (Fsp3) is 0. The van der Waals surface area contributed by atoms with Crippen molar-refractivity contribution in [2.75, 3.05) is 0 Å². The molecule has 0 spiro atoms. The van der Waals surface area contributed by atoms with E-state index >= 15 is 0 Å². The third kappa shape index (κ3) is 3.39. The lowest BCUT2D eigenvalue weighted by Crippen LogP contribution is -1.91. The molecule has 0 bridgehead atoms. The van der Waals surface area contributed by atoms with Gasteiger partial charge >= 0.3 is 0 Å². The highest BCUT2D eigenvalue weighted by molar-refractivity contribution is 6.28. The molecule has 0 atom stereocenters. The molecule has 0 saturated carbocycles. The first-order chi connectivity index (χ1) is 20.8. The Hall–Kier alpha value is -5.60. The molecule has 2 heteroatoms. The van der Waals surface area contributed by atoms with Crippen LogP contribution in [0, 0.1) is 0 Å². The van der Waals surface area contributed by atoms with Crippen molar-refractivity contribution in [3.8, 4) is 33.4 Å². The first-order valence-corrected chi connectivity index (χ1v) is 14.3. The minimum atomic E-state index is 1.02. The van der Waals surface area contributed by atoms with Gasteiger partial charge in [-0.2, -0.15) is 0 Å². The van der Waals surface area contributed by atoms with E-state index in [0.29, 0.717) is 0 Å². The van der Waals surface area contributed by atoms with Crippen molar-refractivity contribution in [2.45, 2.75) is 0 Å². The summed E-state index contributed by atoms with van der Waals surface area (Å²) in [5.41, 5.74) is 9.32. The molecule has 7 aromatic carbocycles. The van der Waals surface area contributed by atoms with Gasteiger partial charge in [-0.1, -0.05) is 115 Å². The van der Waals surface area contributed by atoms with Crippen LogP contribution in [0.4, 0.5) is 0 Å². The van der Waals surface area contributed by atoms with E-state index in [1.54, 1.807) is 0 Å². The summed E-state index contributed by atoms with van der Waals surface area (Å²) in [5.74, 6) is 0. The van der Waals surface area contributed by atoms with Crippen molar-refractivity contribution in [2.24, 2.45) is 0 Å². The Balaban J connectivity index is 1.24. The van der Waals surface area contributed by atoms with E-state index in [2.05, 4.69) is 126 Å². The molecule has 0 N–H and O–H groups in total. The van der Waals surface area contributed by atoms with Gasteiger partial charge < -0.3 is 0 Å². The largest absolute Gasteiger partial charge is 0.256 e. The molecule has 42 heavy (non-hydrogen) atoms. The molecule has 194 valence electrons. The lowest BCUT2D eigenvalue weighted by molar-refractivity contribution is 1.41. The number of hydrogen-bond acceptors (Lipinski definition) is 2. The normalized spacial score (nSPS) is 11.8. The molecular weight excluding hydrogens is 508 g/mol. The summed E-state index contributed by atoms with van der Waals surface area (Å²) >= 11 is 0. The Morgan fingerprint density at radius 3 is 1.69 bits per heavy atom. The molecular formula is C40H24N2. The van der Waals surface area contributed by atoms with Crippen LogP contribution in [0.3, 0.4) is 0 Å². The van der Waals surface area contributed by atoms with E-state index in [1.165, 1.54) is 71.1 Å². The van der Waals surface area contributed by atoms with Crippen LogP contribution >= 0.6 is 0 Å². The smallest absolute Gasteiger partial charge is 0.0780 e. The second-order valence-corrected chi connectivity index (χ2v) is 11.0. The van der Waals surface area contributed by atoms with Gasteiger partial charge in [0.05, 0.1) is 11.0 Å². The minimum Gasteiger partial charge on any atom is -0.256 e. The second kappa shape index (κ2) is 8.95.